The van der Waals surface area contributed by atoms with E-state index in [4.69, 9.17) is 18.9 Å². The van der Waals surface area contributed by atoms with E-state index in [1.54, 1.807) is 20.8 Å². The molecule has 2 aromatic carbocycles. The third-order valence-electron chi connectivity index (χ3n) is 5.10. The van der Waals surface area contributed by atoms with Gasteiger partial charge in [0.25, 0.3) is 10.1 Å². The number of alkyl carbamates (subject to hydrolysis) is 2. The Morgan fingerprint density at radius 1 is 0.717 bits per heavy atom. The van der Waals surface area contributed by atoms with Crippen LogP contribution in [0, 0.1) is 0 Å². The molecule has 0 aliphatic carbocycles. The SMILES string of the molecule is CC(C)(C)OC(=O)NCC(OCCI)c1ccccc1.CC(C)(C)OC(=O)NCC(OCCOS(C)(=O)=O)c1ccccc1.[I-].[Na+]. The third kappa shape index (κ3) is 25.3. The summed E-state index contributed by atoms with van der Waals surface area (Å²) in [7, 11) is -3.50. The molecule has 2 atom stereocenters. The predicted molar refractivity (Wildman–Crippen MR) is 178 cm³/mol. The zero-order chi connectivity index (χ0) is 33.2. The number of alkyl halides is 1. The van der Waals surface area contributed by atoms with Gasteiger partial charge in [-0.15, -0.1) is 0 Å². The number of ether oxygens (including phenoxy) is 4. The van der Waals surface area contributed by atoms with E-state index < -0.39 is 39.6 Å². The van der Waals surface area contributed by atoms with Crippen LogP contribution in [-0.2, 0) is 33.2 Å². The standard InChI is InChI=1S/C16H25NO6S.C15H22INO3.HI.Na/c1-16(2,3)23-15(18)17-12-14(13-8-6-5-7-9-13)21-10-11-22-24(4,19)20;1-15(2,3)20-14(18)17-11-13(19-10-9-16)12-7-5-4-6-8-12;;/h5-9,14H,10-12H2,1-4H3,(H,17,18);4-8,13H,9-11H2,1-3H3,(H,17,18);1H;/q;;;+1/p-1. The van der Waals surface area contributed by atoms with Crippen LogP contribution in [0.4, 0.5) is 9.59 Å². The molecule has 2 aromatic rings. The van der Waals surface area contributed by atoms with Crippen molar-refractivity contribution in [3.63, 3.8) is 0 Å². The van der Waals surface area contributed by atoms with E-state index in [1.165, 1.54) is 0 Å². The average Bonchev–Trinajstić information content (AvgIpc) is 2.91. The van der Waals surface area contributed by atoms with Crippen molar-refractivity contribution >= 4 is 44.9 Å². The van der Waals surface area contributed by atoms with Crippen LogP contribution in [0.5, 0.6) is 0 Å². The van der Waals surface area contributed by atoms with Gasteiger partial charge < -0.3 is 53.6 Å². The van der Waals surface area contributed by atoms with E-state index in [-0.39, 0.29) is 79.4 Å². The summed E-state index contributed by atoms with van der Waals surface area (Å²) in [5, 5.41) is 5.41. The van der Waals surface area contributed by atoms with E-state index in [1.807, 2.05) is 81.4 Å². The summed E-state index contributed by atoms with van der Waals surface area (Å²) in [6.07, 6.45) is -0.581. The van der Waals surface area contributed by atoms with E-state index in [0.717, 1.165) is 21.8 Å². The Morgan fingerprint density at radius 3 is 1.41 bits per heavy atom. The summed E-state index contributed by atoms with van der Waals surface area (Å²) in [6, 6.07) is 19.2. The van der Waals surface area contributed by atoms with Crippen molar-refractivity contribution in [3.05, 3.63) is 71.8 Å². The largest absolute Gasteiger partial charge is 1.00 e. The van der Waals surface area contributed by atoms with Crippen LogP contribution in [0.1, 0.15) is 64.9 Å². The topological polar surface area (TPSA) is 138 Å². The van der Waals surface area contributed by atoms with Crippen LogP contribution in [-0.4, -0.2) is 75.4 Å². The minimum atomic E-state index is -3.50. The van der Waals surface area contributed by atoms with Gasteiger partial charge in [-0.25, -0.2) is 9.59 Å². The van der Waals surface area contributed by atoms with E-state index >= 15 is 0 Å². The van der Waals surface area contributed by atoms with Crippen LogP contribution >= 0.6 is 22.6 Å². The maximum atomic E-state index is 11.8. The summed E-state index contributed by atoms with van der Waals surface area (Å²) in [5.41, 5.74) is 0.827. The van der Waals surface area contributed by atoms with Gasteiger partial charge in [-0.05, 0) is 52.7 Å². The number of rotatable bonds is 14. The quantitative estimate of drug-likeness (QED) is 0.0881. The van der Waals surface area contributed by atoms with Crippen molar-refractivity contribution in [3.8, 4) is 0 Å². The number of carbonyl (C=O) groups is 2. The molecule has 0 aliphatic heterocycles. The maximum Gasteiger partial charge on any atom is 1.00 e. The van der Waals surface area contributed by atoms with Gasteiger partial charge in [0.15, 0.2) is 0 Å². The van der Waals surface area contributed by atoms with Gasteiger partial charge in [-0.2, -0.15) is 8.42 Å². The van der Waals surface area contributed by atoms with Gasteiger partial charge >= 0.3 is 41.7 Å². The molecule has 2 amide bonds. The molecule has 0 saturated carbocycles. The number of benzene rings is 2. The van der Waals surface area contributed by atoms with Gasteiger partial charge in [0, 0.05) is 4.43 Å². The minimum Gasteiger partial charge on any atom is -1.00 e. The summed E-state index contributed by atoms with van der Waals surface area (Å²) in [4.78, 5) is 23.4. The first kappa shape index (κ1) is 47.4. The molecular weight excluding hydrogens is 853 g/mol. The summed E-state index contributed by atoms with van der Waals surface area (Å²) in [5.74, 6) is 0. The number of hydrogen-bond acceptors (Lipinski definition) is 9. The Hall–Kier alpha value is -0.730. The second-order valence-electron chi connectivity index (χ2n) is 11.5. The van der Waals surface area contributed by atoms with Crippen LogP contribution < -0.4 is 64.2 Å². The monoisotopic (exact) mass is 900 g/mol. The summed E-state index contributed by atoms with van der Waals surface area (Å²) in [6.45, 7) is 12.1. The molecule has 2 unspecified atom stereocenters. The van der Waals surface area contributed by atoms with E-state index in [0.29, 0.717) is 13.2 Å². The van der Waals surface area contributed by atoms with Crippen molar-refractivity contribution in [2.24, 2.45) is 0 Å². The fourth-order valence-electron chi connectivity index (χ4n) is 3.42. The Bertz CT molecular complexity index is 1210. The number of halogens is 2. The van der Waals surface area contributed by atoms with Gasteiger partial charge in [0.05, 0.1) is 45.3 Å². The van der Waals surface area contributed by atoms with Crippen molar-refractivity contribution in [1.29, 1.82) is 0 Å². The van der Waals surface area contributed by atoms with Crippen molar-refractivity contribution < 1.29 is 94.7 Å². The van der Waals surface area contributed by atoms with E-state index in [2.05, 4.69) is 37.4 Å². The number of carbonyl (C=O) groups excluding carboxylic acids is 2. The summed E-state index contributed by atoms with van der Waals surface area (Å²) >= 11 is 2.26. The van der Waals surface area contributed by atoms with Gasteiger partial charge in [0.2, 0.25) is 0 Å². The zero-order valence-electron chi connectivity index (χ0n) is 28.0. The molecular formula is C31H47I2N2NaO9S. The molecule has 2 N–H and O–H groups in total. The third-order valence-corrected chi connectivity index (χ3v) is 6.14. The Labute approximate surface area is 327 Å². The molecule has 15 heteroatoms. The van der Waals surface area contributed by atoms with Crippen LogP contribution in [0.25, 0.3) is 0 Å². The Balaban J connectivity index is 0. The molecule has 0 bridgehead atoms. The normalized spacial score (nSPS) is 12.5. The molecule has 0 radical (unpaired) electrons. The first-order valence-electron chi connectivity index (χ1n) is 14.2. The number of hydrogen-bond donors (Lipinski definition) is 2. The molecule has 256 valence electrons. The first-order chi connectivity index (χ1) is 20.5. The molecule has 46 heavy (non-hydrogen) atoms. The van der Waals surface area contributed by atoms with Crippen LogP contribution in [0.15, 0.2) is 60.7 Å². The fourth-order valence-corrected chi connectivity index (χ4v) is 4.05. The molecule has 11 nitrogen and oxygen atoms in total. The van der Waals surface area contributed by atoms with Crippen molar-refractivity contribution in [1.82, 2.24) is 10.6 Å². The Kier molecular flexibility index (Phi) is 25.1. The second-order valence-corrected chi connectivity index (χ2v) is 14.2. The van der Waals surface area contributed by atoms with Gasteiger partial charge in [-0.3, -0.25) is 4.18 Å². The Morgan fingerprint density at radius 2 is 1.09 bits per heavy atom. The van der Waals surface area contributed by atoms with Gasteiger partial charge in [-0.1, -0.05) is 83.3 Å². The number of amides is 2. The molecule has 0 aromatic heterocycles. The molecule has 0 fully saturated rings. The number of nitrogens with one attached hydrogen (secondary N) is 2. The van der Waals surface area contributed by atoms with Crippen molar-refractivity contribution in [2.75, 3.05) is 43.6 Å². The minimum absolute atomic E-state index is 0. The van der Waals surface area contributed by atoms with E-state index in [9.17, 15) is 18.0 Å². The van der Waals surface area contributed by atoms with Crippen molar-refractivity contribution in [2.45, 2.75) is 65.0 Å². The van der Waals surface area contributed by atoms with Gasteiger partial charge in [0.1, 0.15) is 17.3 Å². The second kappa shape index (κ2) is 24.4. The van der Waals surface area contributed by atoms with Crippen LogP contribution in [0.2, 0.25) is 0 Å². The fraction of sp³-hybridized carbons (Fsp3) is 0.548. The predicted octanol–water partition coefficient (Wildman–Crippen LogP) is -0.0428. The molecule has 0 aliphatic rings. The maximum absolute atomic E-state index is 11.8. The first-order valence-corrected chi connectivity index (χ1v) is 17.5. The summed E-state index contributed by atoms with van der Waals surface area (Å²) < 4.78 is 49.3. The zero-order valence-corrected chi connectivity index (χ0v) is 35.1. The molecule has 2 rings (SSSR count). The van der Waals surface area contributed by atoms with Crippen LogP contribution in [0.3, 0.4) is 0 Å². The average molecular weight is 901 g/mol. The molecule has 0 spiro atoms. The smallest absolute Gasteiger partial charge is 1.00 e. The molecule has 0 saturated heterocycles. The molecule has 0 heterocycles.